The lowest BCUT2D eigenvalue weighted by Gasteiger charge is -2.19. The average molecular weight is 421 g/mol. The van der Waals surface area contributed by atoms with Crippen LogP contribution >= 0.6 is 0 Å². The molecule has 0 saturated carbocycles. The number of fused-ring (bicyclic) bond motifs is 2. The molecule has 160 valence electrons. The van der Waals surface area contributed by atoms with Gasteiger partial charge in [0.15, 0.2) is 0 Å². The van der Waals surface area contributed by atoms with Crippen molar-refractivity contribution in [2.45, 2.75) is 25.3 Å². The van der Waals surface area contributed by atoms with Crippen LogP contribution in [0, 0.1) is 0 Å². The van der Waals surface area contributed by atoms with Gasteiger partial charge in [0.1, 0.15) is 6.04 Å². The largest absolute Gasteiger partial charge is 0.467 e. The van der Waals surface area contributed by atoms with E-state index in [9.17, 15) is 19.2 Å². The van der Waals surface area contributed by atoms with Gasteiger partial charge in [0, 0.05) is 24.3 Å². The second-order valence-electron chi connectivity index (χ2n) is 7.55. The first kappa shape index (κ1) is 20.6. The molecule has 2 aliphatic heterocycles. The lowest BCUT2D eigenvalue weighted by molar-refractivity contribution is -0.143. The standard InChI is InChI=1S/C23H23N3O5/c1-31-23(30)19(25-20(27)15-8-9-18-14(13-15)10-11-24-18)7-4-12-26-21(28)16-5-2-3-6-17(16)22(26)29/h2-3,5-6,8-9,13,19,24H,4,7,10-12H2,1H3,(H,25,27). The summed E-state index contributed by atoms with van der Waals surface area (Å²) in [6, 6.07) is 11.2. The zero-order valence-electron chi connectivity index (χ0n) is 17.1. The molecule has 0 aliphatic carbocycles. The van der Waals surface area contributed by atoms with Crippen LogP contribution in [0.25, 0.3) is 0 Å². The van der Waals surface area contributed by atoms with Crippen molar-refractivity contribution in [1.82, 2.24) is 10.2 Å². The zero-order chi connectivity index (χ0) is 22.0. The minimum atomic E-state index is -0.876. The summed E-state index contributed by atoms with van der Waals surface area (Å²) < 4.78 is 4.83. The summed E-state index contributed by atoms with van der Waals surface area (Å²) in [5.74, 6) is -1.62. The van der Waals surface area contributed by atoms with Crippen LogP contribution < -0.4 is 10.6 Å². The number of esters is 1. The Labute approximate surface area is 179 Å². The number of hydrogen-bond donors (Lipinski definition) is 2. The highest BCUT2D eigenvalue weighted by Gasteiger charge is 2.35. The topological polar surface area (TPSA) is 105 Å². The normalized spacial score (nSPS) is 15.2. The first-order valence-electron chi connectivity index (χ1n) is 10.2. The van der Waals surface area contributed by atoms with E-state index in [1.165, 1.54) is 12.0 Å². The molecule has 2 aromatic carbocycles. The molecule has 31 heavy (non-hydrogen) atoms. The molecule has 0 fully saturated rings. The van der Waals surface area contributed by atoms with Gasteiger partial charge in [0.25, 0.3) is 17.7 Å². The van der Waals surface area contributed by atoms with Crippen LogP contribution in [-0.4, -0.2) is 54.8 Å². The maximum Gasteiger partial charge on any atom is 0.328 e. The summed E-state index contributed by atoms with van der Waals surface area (Å²) in [6.45, 7) is 0.989. The van der Waals surface area contributed by atoms with Gasteiger partial charge in [-0.05, 0) is 55.2 Å². The zero-order valence-corrected chi connectivity index (χ0v) is 17.1. The van der Waals surface area contributed by atoms with Crippen molar-refractivity contribution in [3.05, 3.63) is 64.7 Å². The molecule has 4 rings (SSSR count). The third kappa shape index (κ3) is 4.01. The van der Waals surface area contributed by atoms with Crippen molar-refractivity contribution >= 4 is 29.4 Å². The Bertz CT molecular complexity index is 1030. The molecule has 2 N–H and O–H groups in total. The van der Waals surface area contributed by atoms with Gasteiger partial charge in [-0.3, -0.25) is 19.3 Å². The highest BCUT2D eigenvalue weighted by molar-refractivity contribution is 6.21. The van der Waals surface area contributed by atoms with E-state index in [4.69, 9.17) is 4.74 Å². The quantitative estimate of drug-likeness (QED) is 0.523. The number of nitrogens with zero attached hydrogens (tertiary/aromatic N) is 1. The van der Waals surface area contributed by atoms with E-state index in [1.54, 1.807) is 30.3 Å². The third-order valence-corrected chi connectivity index (χ3v) is 5.62. The van der Waals surface area contributed by atoms with E-state index in [2.05, 4.69) is 10.6 Å². The molecular formula is C23H23N3O5. The molecule has 1 unspecified atom stereocenters. The van der Waals surface area contributed by atoms with Crippen molar-refractivity contribution < 1.29 is 23.9 Å². The van der Waals surface area contributed by atoms with E-state index >= 15 is 0 Å². The Kier molecular flexibility index (Phi) is 5.70. The van der Waals surface area contributed by atoms with Gasteiger partial charge in [-0.15, -0.1) is 0 Å². The van der Waals surface area contributed by atoms with Crippen molar-refractivity contribution in [2.24, 2.45) is 0 Å². The van der Waals surface area contributed by atoms with Crippen LogP contribution in [0.3, 0.4) is 0 Å². The van der Waals surface area contributed by atoms with Gasteiger partial charge in [-0.2, -0.15) is 0 Å². The molecule has 0 radical (unpaired) electrons. The van der Waals surface area contributed by atoms with Crippen molar-refractivity contribution in [2.75, 3.05) is 25.5 Å². The molecular weight excluding hydrogens is 398 g/mol. The van der Waals surface area contributed by atoms with Crippen molar-refractivity contribution in [3.63, 3.8) is 0 Å². The monoisotopic (exact) mass is 421 g/mol. The molecule has 2 heterocycles. The second-order valence-corrected chi connectivity index (χ2v) is 7.55. The van der Waals surface area contributed by atoms with Crippen LogP contribution in [0.2, 0.25) is 0 Å². The summed E-state index contributed by atoms with van der Waals surface area (Å²) in [7, 11) is 1.26. The summed E-state index contributed by atoms with van der Waals surface area (Å²) in [5.41, 5.74) is 3.32. The van der Waals surface area contributed by atoms with E-state index in [1.807, 2.05) is 12.1 Å². The fourth-order valence-electron chi connectivity index (χ4n) is 3.97. The number of methoxy groups -OCH3 is 1. The smallest absolute Gasteiger partial charge is 0.328 e. The number of carbonyl (C=O) groups is 4. The number of nitrogens with one attached hydrogen (secondary N) is 2. The number of ether oxygens (including phenoxy) is 1. The van der Waals surface area contributed by atoms with Gasteiger partial charge in [-0.25, -0.2) is 4.79 Å². The molecule has 8 heteroatoms. The Morgan fingerprint density at radius 1 is 1.13 bits per heavy atom. The highest BCUT2D eigenvalue weighted by atomic mass is 16.5. The Balaban J connectivity index is 1.38. The first-order chi connectivity index (χ1) is 15.0. The van der Waals surface area contributed by atoms with Gasteiger partial charge in [-0.1, -0.05) is 12.1 Å². The predicted octanol–water partition coefficient (Wildman–Crippen LogP) is 2.00. The molecule has 1 atom stereocenters. The molecule has 2 aliphatic rings. The molecule has 8 nitrogen and oxygen atoms in total. The number of benzene rings is 2. The summed E-state index contributed by atoms with van der Waals surface area (Å²) in [5, 5.41) is 5.96. The molecule has 2 aromatic rings. The van der Waals surface area contributed by atoms with Gasteiger partial charge < -0.3 is 15.4 Å². The SMILES string of the molecule is COC(=O)C(CCCN1C(=O)c2ccccc2C1=O)NC(=O)c1ccc2c(c1)CCN2. The maximum atomic E-state index is 12.7. The fourth-order valence-corrected chi connectivity index (χ4v) is 3.97. The molecule has 0 aromatic heterocycles. The first-order valence-corrected chi connectivity index (χ1v) is 10.2. The van der Waals surface area contributed by atoms with Crippen LogP contribution in [0.1, 0.15) is 49.5 Å². The molecule has 0 saturated heterocycles. The summed E-state index contributed by atoms with van der Waals surface area (Å²) >= 11 is 0. The number of imide groups is 1. The molecule has 0 spiro atoms. The van der Waals surface area contributed by atoms with Crippen LogP contribution in [-0.2, 0) is 16.0 Å². The maximum absolute atomic E-state index is 12.7. The van der Waals surface area contributed by atoms with Gasteiger partial charge in [0.2, 0.25) is 0 Å². The van der Waals surface area contributed by atoms with E-state index < -0.39 is 12.0 Å². The number of anilines is 1. The lowest BCUT2D eigenvalue weighted by atomic mass is 10.1. The number of carbonyl (C=O) groups excluding carboxylic acids is 4. The molecule has 3 amide bonds. The van der Waals surface area contributed by atoms with Gasteiger partial charge >= 0.3 is 5.97 Å². The minimum absolute atomic E-state index is 0.153. The Hall–Kier alpha value is -3.68. The second kappa shape index (κ2) is 8.59. The Morgan fingerprint density at radius 3 is 2.52 bits per heavy atom. The molecule has 0 bridgehead atoms. The van der Waals surface area contributed by atoms with Crippen LogP contribution in [0.5, 0.6) is 0 Å². The van der Waals surface area contributed by atoms with E-state index in [0.29, 0.717) is 23.1 Å². The highest BCUT2D eigenvalue weighted by Crippen LogP contribution is 2.24. The van der Waals surface area contributed by atoms with Gasteiger partial charge in [0.05, 0.1) is 18.2 Å². The number of amides is 3. The van der Waals surface area contributed by atoms with Crippen molar-refractivity contribution in [1.29, 1.82) is 0 Å². The number of rotatable bonds is 7. The van der Waals surface area contributed by atoms with Crippen LogP contribution in [0.4, 0.5) is 5.69 Å². The third-order valence-electron chi connectivity index (χ3n) is 5.62. The minimum Gasteiger partial charge on any atom is -0.467 e. The Morgan fingerprint density at radius 2 is 1.84 bits per heavy atom. The van der Waals surface area contributed by atoms with E-state index in [-0.39, 0.29) is 30.7 Å². The van der Waals surface area contributed by atoms with E-state index in [0.717, 1.165) is 24.2 Å². The van der Waals surface area contributed by atoms with Crippen LogP contribution in [0.15, 0.2) is 42.5 Å². The number of hydrogen-bond acceptors (Lipinski definition) is 6. The fraction of sp³-hybridized carbons (Fsp3) is 0.304. The predicted molar refractivity (Wildman–Crippen MR) is 113 cm³/mol. The summed E-state index contributed by atoms with van der Waals surface area (Å²) in [6.07, 6.45) is 1.43. The van der Waals surface area contributed by atoms with Crippen molar-refractivity contribution in [3.8, 4) is 0 Å². The lowest BCUT2D eigenvalue weighted by Crippen LogP contribution is -2.42. The summed E-state index contributed by atoms with van der Waals surface area (Å²) in [4.78, 5) is 51.0. The average Bonchev–Trinajstić information content (AvgIpc) is 3.36.